The lowest BCUT2D eigenvalue weighted by Gasteiger charge is -2.19. The average molecular weight is 502 g/mol. The van der Waals surface area contributed by atoms with Crippen LogP contribution in [-0.2, 0) is 15.3 Å². The van der Waals surface area contributed by atoms with E-state index in [-0.39, 0.29) is 5.41 Å². The number of hydrogen-bond donors (Lipinski definition) is 0. The minimum absolute atomic E-state index is 0.0289. The van der Waals surface area contributed by atoms with Crippen LogP contribution in [0, 0.1) is 0 Å². The molecule has 0 spiro atoms. The summed E-state index contributed by atoms with van der Waals surface area (Å²) in [5.41, 5.74) is 2.65. The molecule has 3 rings (SSSR count). The molecule has 0 bridgehead atoms. The summed E-state index contributed by atoms with van der Waals surface area (Å²) in [5.74, 6) is 0. The predicted molar refractivity (Wildman–Crippen MR) is 126 cm³/mol. The van der Waals surface area contributed by atoms with E-state index >= 15 is 0 Å². The molecule has 0 N–H and O–H groups in total. The zero-order chi connectivity index (χ0) is 20.4. The Labute approximate surface area is 181 Å². The molecule has 0 fully saturated rings. The highest BCUT2D eigenvalue weighted by molar-refractivity contribution is 14.1. The second-order valence-corrected chi connectivity index (χ2v) is 10.6. The largest absolute Gasteiger partial charge is 0.218 e. The molecular formula is C24H23IO2S. The molecule has 0 saturated carbocycles. The van der Waals surface area contributed by atoms with Gasteiger partial charge in [-0.1, -0.05) is 93.6 Å². The van der Waals surface area contributed by atoms with E-state index < -0.39 is 9.84 Å². The first-order chi connectivity index (χ1) is 13.2. The van der Waals surface area contributed by atoms with Crippen LogP contribution in [-0.4, -0.2) is 8.42 Å². The standard InChI is InChI=1S/C24H23IO2S/c1-24(2,3)20-14-16-21(17-15-20)28(26,27)23(19-12-8-5-9-13-19)22(25)18-10-6-4-7-11-18/h4-17H,1-3H3/b23-22+. The zero-order valence-corrected chi connectivity index (χ0v) is 19.2. The Hall–Kier alpha value is -1.92. The maximum atomic E-state index is 13.6. The molecule has 4 heteroatoms. The van der Waals surface area contributed by atoms with E-state index in [0.29, 0.717) is 18.9 Å². The van der Waals surface area contributed by atoms with Gasteiger partial charge in [0.15, 0.2) is 0 Å². The molecule has 0 aliphatic heterocycles. The normalized spacial score (nSPS) is 13.1. The lowest BCUT2D eigenvalue weighted by atomic mass is 9.87. The first-order valence-corrected chi connectivity index (χ1v) is 11.6. The van der Waals surface area contributed by atoms with Crippen LogP contribution < -0.4 is 0 Å². The van der Waals surface area contributed by atoms with Gasteiger partial charge in [0.1, 0.15) is 0 Å². The smallest absolute Gasteiger partial charge is 0.208 e. The molecule has 0 aliphatic carbocycles. The van der Waals surface area contributed by atoms with Crippen molar-refractivity contribution in [3.05, 3.63) is 102 Å². The zero-order valence-electron chi connectivity index (χ0n) is 16.2. The molecule has 0 saturated heterocycles. The van der Waals surface area contributed by atoms with Crippen LogP contribution in [0.5, 0.6) is 0 Å². The molecule has 0 atom stereocenters. The topological polar surface area (TPSA) is 34.1 Å². The van der Waals surface area contributed by atoms with Gasteiger partial charge in [0, 0.05) is 3.58 Å². The summed E-state index contributed by atoms with van der Waals surface area (Å²) in [7, 11) is -3.69. The maximum absolute atomic E-state index is 13.6. The molecule has 0 amide bonds. The molecule has 0 unspecified atom stereocenters. The minimum atomic E-state index is -3.69. The fraction of sp³-hybridized carbons (Fsp3) is 0.167. The van der Waals surface area contributed by atoms with E-state index in [1.165, 1.54) is 0 Å². The monoisotopic (exact) mass is 502 g/mol. The number of rotatable bonds is 4. The highest BCUT2D eigenvalue weighted by Gasteiger charge is 2.26. The number of halogens is 1. The van der Waals surface area contributed by atoms with Crippen LogP contribution in [0.1, 0.15) is 37.5 Å². The lowest BCUT2D eigenvalue weighted by molar-refractivity contribution is 0.588. The minimum Gasteiger partial charge on any atom is -0.218 e. The van der Waals surface area contributed by atoms with Crippen LogP contribution in [0.3, 0.4) is 0 Å². The van der Waals surface area contributed by atoms with Crippen LogP contribution in [0.4, 0.5) is 0 Å². The Morgan fingerprint density at radius 1 is 0.714 bits per heavy atom. The quantitative estimate of drug-likeness (QED) is 0.293. The summed E-state index contributed by atoms with van der Waals surface area (Å²) < 4.78 is 28.0. The van der Waals surface area contributed by atoms with Gasteiger partial charge >= 0.3 is 0 Å². The molecule has 0 aliphatic rings. The third kappa shape index (κ3) is 4.39. The molecule has 0 radical (unpaired) electrons. The van der Waals surface area contributed by atoms with E-state index in [9.17, 15) is 8.42 Å². The maximum Gasteiger partial charge on any atom is 0.208 e. The summed E-state index contributed by atoms with van der Waals surface area (Å²) in [6.45, 7) is 6.35. The summed E-state index contributed by atoms with van der Waals surface area (Å²) >= 11 is 2.14. The van der Waals surface area contributed by atoms with Crippen LogP contribution >= 0.6 is 22.6 Å². The van der Waals surface area contributed by atoms with Crippen molar-refractivity contribution >= 4 is 40.9 Å². The van der Waals surface area contributed by atoms with Crippen molar-refractivity contribution in [3.63, 3.8) is 0 Å². The molecule has 2 nitrogen and oxygen atoms in total. The van der Waals surface area contributed by atoms with Crippen molar-refractivity contribution in [2.24, 2.45) is 0 Å². The van der Waals surface area contributed by atoms with Crippen molar-refractivity contribution in [1.82, 2.24) is 0 Å². The Morgan fingerprint density at radius 2 is 1.18 bits per heavy atom. The molecule has 0 heterocycles. The lowest BCUT2D eigenvalue weighted by Crippen LogP contribution is -2.12. The van der Waals surface area contributed by atoms with Crippen LogP contribution in [0.15, 0.2) is 89.8 Å². The third-order valence-electron chi connectivity index (χ3n) is 4.56. The van der Waals surface area contributed by atoms with Crippen molar-refractivity contribution in [2.75, 3.05) is 0 Å². The van der Waals surface area contributed by atoms with Gasteiger partial charge in [0.05, 0.1) is 9.80 Å². The van der Waals surface area contributed by atoms with Crippen molar-refractivity contribution in [2.45, 2.75) is 31.1 Å². The van der Waals surface area contributed by atoms with Gasteiger partial charge in [-0.15, -0.1) is 0 Å². The Morgan fingerprint density at radius 3 is 1.64 bits per heavy atom. The fourth-order valence-corrected chi connectivity index (χ4v) is 6.03. The van der Waals surface area contributed by atoms with Crippen molar-refractivity contribution in [1.29, 1.82) is 0 Å². The van der Waals surface area contributed by atoms with E-state index in [0.717, 1.165) is 11.1 Å². The Kier molecular flexibility index (Phi) is 6.10. The summed E-state index contributed by atoms with van der Waals surface area (Å²) in [6.07, 6.45) is 0. The predicted octanol–water partition coefficient (Wildman–Crippen LogP) is 6.72. The Bertz CT molecular complexity index is 1080. The van der Waals surface area contributed by atoms with Gasteiger partial charge in [-0.2, -0.15) is 0 Å². The van der Waals surface area contributed by atoms with Crippen molar-refractivity contribution in [3.8, 4) is 0 Å². The van der Waals surface area contributed by atoms with Gasteiger partial charge < -0.3 is 0 Å². The van der Waals surface area contributed by atoms with Gasteiger partial charge in [-0.3, -0.25) is 0 Å². The van der Waals surface area contributed by atoms with Crippen molar-refractivity contribution < 1.29 is 8.42 Å². The third-order valence-corrected chi connectivity index (χ3v) is 7.96. The number of benzene rings is 3. The number of hydrogen-bond acceptors (Lipinski definition) is 2. The van der Waals surface area contributed by atoms with E-state index in [2.05, 4.69) is 43.4 Å². The molecule has 3 aromatic carbocycles. The summed E-state index contributed by atoms with van der Waals surface area (Å²) in [4.78, 5) is 0.646. The SMILES string of the molecule is CC(C)(C)c1ccc(S(=O)(=O)/C(=C(/I)c2ccccc2)c2ccccc2)cc1. The second kappa shape index (κ2) is 8.21. The van der Waals surface area contributed by atoms with Gasteiger partial charge in [-0.05, 0) is 56.8 Å². The molecule has 144 valence electrons. The molecule has 28 heavy (non-hydrogen) atoms. The average Bonchev–Trinajstić information content (AvgIpc) is 2.69. The van der Waals surface area contributed by atoms with Gasteiger partial charge in [-0.25, -0.2) is 8.42 Å². The molecule has 0 aromatic heterocycles. The molecule has 3 aromatic rings. The first-order valence-electron chi connectivity index (χ1n) is 9.07. The molecular weight excluding hydrogens is 479 g/mol. The summed E-state index contributed by atoms with van der Waals surface area (Å²) in [6, 6.07) is 26.2. The fourth-order valence-electron chi connectivity index (χ4n) is 2.96. The van der Waals surface area contributed by atoms with Gasteiger partial charge in [0.25, 0.3) is 0 Å². The highest BCUT2D eigenvalue weighted by atomic mass is 127. The van der Waals surface area contributed by atoms with Crippen LogP contribution in [0.25, 0.3) is 8.48 Å². The van der Waals surface area contributed by atoms with E-state index in [1.54, 1.807) is 12.1 Å². The van der Waals surface area contributed by atoms with E-state index in [1.807, 2.05) is 72.8 Å². The Balaban J connectivity index is 2.21. The van der Waals surface area contributed by atoms with Crippen LogP contribution in [0.2, 0.25) is 0 Å². The van der Waals surface area contributed by atoms with Gasteiger partial charge in [0.2, 0.25) is 9.84 Å². The van der Waals surface area contributed by atoms with E-state index in [4.69, 9.17) is 0 Å². The highest BCUT2D eigenvalue weighted by Crippen LogP contribution is 2.38. The summed E-state index contributed by atoms with van der Waals surface area (Å²) in [5, 5.41) is 0. The first kappa shape index (κ1) is 20.8. The number of sulfone groups is 1. The second-order valence-electron chi connectivity index (χ2n) is 7.65.